The summed E-state index contributed by atoms with van der Waals surface area (Å²) >= 11 is 0. The fourth-order valence-corrected chi connectivity index (χ4v) is 3.31. The van der Waals surface area contributed by atoms with Crippen molar-refractivity contribution >= 4 is 17.3 Å². The van der Waals surface area contributed by atoms with Gasteiger partial charge in [0.25, 0.3) is 0 Å². The van der Waals surface area contributed by atoms with Crippen molar-refractivity contribution < 1.29 is 4.79 Å². The largest absolute Gasteiger partial charge is 0.374 e. The minimum Gasteiger partial charge on any atom is -0.374 e. The average Bonchev–Trinajstić information content (AvgIpc) is 2.65. The lowest BCUT2D eigenvalue weighted by Crippen LogP contribution is -2.32. The van der Waals surface area contributed by atoms with Gasteiger partial charge in [0.1, 0.15) is 6.04 Å². The van der Waals surface area contributed by atoms with Crippen LogP contribution in [-0.2, 0) is 4.79 Å². The molecule has 0 aliphatic heterocycles. The quantitative estimate of drug-likeness (QED) is 0.612. The van der Waals surface area contributed by atoms with E-state index >= 15 is 0 Å². The lowest BCUT2D eigenvalue weighted by Gasteiger charge is -2.18. The summed E-state index contributed by atoms with van der Waals surface area (Å²) in [5, 5.41) is 6.34. The van der Waals surface area contributed by atoms with Gasteiger partial charge in [-0.15, -0.1) is 0 Å². The second kappa shape index (κ2) is 8.09. The van der Waals surface area contributed by atoms with Crippen LogP contribution in [0.25, 0.3) is 11.1 Å². The molecule has 3 heteroatoms. The molecule has 2 N–H and O–H groups in total. The highest BCUT2D eigenvalue weighted by molar-refractivity contribution is 5.97. The lowest BCUT2D eigenvalue weighted by molar-refractivity contribution is -0.116. The summed E-state index contributed by atoms with van der Waals surface area (Å²) in [5.74, 6) is -0.0443. The van der Waals surface area contributed by atoms with Gasteiger partial charge >= 0.3 is 0 Å². The molecule has 0 aliphatic carbocycles. The van der Waals surface area contributed by atoms with Crippen LogP contribution in [0.4, 0.5) is 11.4 Å². The van der Waals surface area contributed by atoms with Gasteiger partial charge in [-0.05, 0) is 62.1 Å². The van der Waals surface area contributed by atoms with E-state index in [0.29, 0.717) is 0 Å². The smallest absolute Gasteiger partial charge is 0.246 e. The van der Waals surface area contributed by atoms with Crippen LogP contribution in [0.5, 0.6) is 0 Å². The SMILES string of the molecule is Cc1cc(C)c(NC(=O)[C@H](C)Nc2ccc(-c3ccccc3)cc2)c(C)c1. The first kappa shape index (κ1) is 18.7. The maximum absolute atomic E-state index is 12.6. The van der Waals surface area contributed by atoms with Gasteiger partial charge in [0.15, 0.2) is 0 Å². The number of carbonyl (C=O) groups excluding carboxylic acids is 1. The fourth-order valence-electron chi connectivity index (χ4n) is 3.31. The molecule has 3 aromatic carbocycles. The highest BCUT2D eigenvalue weighted by atomic mass is 16.2. The highest BCUT2D eigenvalue weighted by Crippen LogP contribution is 2.23. The van der Waals surface area contributed by atoms with Crippen LogP contribution in [-0.4, -0.2) is 11.9 Å². The number of hydrogen-bond donors (Lipinski definition) is 2. The summed E-state index contributed by atoms with van der Waals surface area (Å²) in [6, 6.07) is 22.2. The van der Waals surface area contributed by atoms with Gasteiger partial charge in [-0.1, -0.05) is 60.2 Å². The van der Waals surface area contributed by atoms with Crippen molar-refractivity contribution in [2.45, 2.75) is 33.7 Å². The molecule has 0 aliphatic rings. The summed E-state index contributed by atoms with van der Waals surface area (Å²) < 4.78 is 0. The zero-order valence-corrected chi connectivity index (χ0v) is 16.3. The Morgan fingerprint density at radius 3 is 1.96 bits per heavy atom. The number of benzene rings is 3. The third-order valence-electron chi connectivity index (χ3n) is 4.69. The van der Waals surface area contributed by atoms with E-state index in [1.54, 1.807) is 0 Å². The van der Waals surface area contributed by atoms with Gasteiger partial charge in [-0.3, -0.25) is 4.79 Å². The second-order valence-electron chi connectivity index (χ2n) is 7.07. The molecule has 0 fully saturated rings. The molecule has 0 saturated heterocycles. The number of carbonyl (C=O) groups is 1. The molecule has 0 bridgehead atoms. The van der Waals surface area contributed by atoms with E-state index < -0.39 is 0 Å². The molecule has 1 atom stereocenters. The zero-order valence-electron chi connectivity index (χ0n) is 16.3. The van der Waals surface area contributed by atoms with Gasteiger partial charge in [0.05, 0.1) is 0 Å². The van der Waals surface area contributed by atoms with E-state index in [-0.39, 0.29) is 11.9 Å². The van der Waals surface area contributed by atoms with E-state index in [1.807, 2.05) is 51.1 Å². The highest BCUT2D eigenvalue weighted by Gasteiger charge is 2.15. The van der Waals surface area contributed by atoms with Crippen molar-refractivity contribution in [1.82, 2.24) is 0 Å². The molecular weight excluding hydrogens is 332 g/mol. The normalized spacial score (nSPS) is 11.7. The number of amides is 1. The topological polar surface area (TPSA) is 41.1 Å². The molecule has 138 valence electrons. The first-order valence-corrected chi connectivity index (χ1v) is 9.25. The van der Waals surface area contributed by atoms with Crippen LogP contribution in [0, 0.1) is 20.8 Å². The van der Waals surface area contributed by atoms with Crippen LogP contribution in [0.1, 0.15) is 23.6 Å². The molecule has 0 saturated carbocycles. The summed E-state index contributed by atoms with van der Waals surface area (Å²) in [6.07, 6.45) is 0. The molecule has 0 unspecified atom stereocenters. The molecule has 0 aromatic heterocycles. The monoisotopic (exact) mass is 358 g/mol. The average molecular weight is 358 g/mol. The van der Waals surface area contributed by atoms with Gasteiger partial charge in [0, 0.05) is 11.4 Å². The Kier molecular flexibility index (Phi) is 5.60. The minimum atomic E-state index is -0.340. The van der Waals surface area contributed by atoms with Crippen molar-refractivity contribution in [2.75, 3.05) is 10.6 Å². The van der Waals surface area contributed by atoms with E-state index in [9.17, 15) is 4.79 Å². The van der Waals surface area contributed by atoms with Gasteiger partial charge in [-0.2, -0.15) is 0 Å². The van der Waals surface area contributed by atoms with Crippen LogP contribution in [0.15, 0.2) is 66.7 Å². The maximum Gasteiger partial charge on any atom is 0.246 e. The summed E-state index contributed by atoms with van der Waals surface area (Å²) in [4.78, 5) is 12.6. The van der Waals surface area contributed by atoms with E-state index in [4.69, 9.17) is 0 Å². The van der Waals surface area contributed by atoms with Crippen molar-refractivity contribution in [3.05, 3.63) is 83.4 Å². The Hall–Kier alpha value is -3.07. The van der Waals surface area contributed by atoms with Crippen LogP contribution < -0.4 is 10.6 Å². The standard InChI is InChI=1S/C24H26N2O/c1-16-14-17(2)23(18(3)15-16)26-24(27)19(4)25-22-12-10-21(11-13-22)20-8-6-5-7-9-20/h5-15,19,25H,1-4H3,(H,26,27)/t19-/m0/s1. The van der Waals surface area contributed by atoms with E-state index in [1.165, 1.54) is 11.1 Å². The van der Waals surface area contributed by atoms with Gasteiger partial charge in [0.2, 0.25) is 5.91 Å². The lowest BCUT2D eigenvalue weighted by atomic mass is 10.0. The molecule has 1 amide bonds. The Bertz CT molecular complexity index is 907. The molecule has 0 heterocycles. The van der Waals surface area contributed by atoms with Crippen LogP contribution >= 0.6 is 0 Å². The van der Waals surface area contributed by atoms with Crippen LogP contribution in [0.3, 0.4) is 0 Å². The Morgan fingerprint density at radius 2 is 1.37 bits per heavy atom. The fraction of sp³-hybridized carbons (Fsp3) is 0.208. The molecule has 3 rings (SSSR count). The first-order valence-electron chi connectivity index (χ1n) is 9.25. The second-order valence-corrected chi connectivity index (χ2v) is 7.07. The molecule has 0 radical (unpaired) electrons. The minimum absolute atomic E-state index is 0.0443. The van der Waals surface area contributed by atoms with Crippen molar-refractivity contribution in [2.24, 2.45) is 0 Å². The molecule has 3 nitrogen and oxygen atoms in total. The predicted molar refractivity (Wildman–Crippen MR) is 114 cm³/mol. The van der Waals surface area contributed by atoms with Gasteiger partial charge in [-0.25, -0.2) is 0 Å². The Balaban J connectivity index is 1.66. The van der Waals surface area contributed by atoms with E-state index in [2.05, 4.69) is 54.0 Å². The third kappa shape index (κ3) is 4.56. The van der Waals surface area contributed by atoms with Crippen molar-refractivity contribution in [3.8, 4) is 11.1 Å². The number of rotatable bonds is 5. The zero-order chi connectivity index (χ0) is 19.4. The van der Waals surface area contributed by atoms with E-state index in [0.717, 1.165) is 28.1 Å². The third-order valence-corrected chi connectivity index (χ3v) is 4.69. The predicted octanol–water partition coefficient (Wildman–Crippen LogP) is 5.72. The molecular formula is C24H26N2O. The van der Waals surface area contributed by atoms with Crippen molar-refractivity contribution in [1.29, 1.82) is 0 Å². The number of aryl methyl sites for hydroxylation is 3. The number of nitrogens with one attached hydrogen (secondary N) is 2. The summed E-state index contributed by atoms with van der Waals surface area (Å²) in [6.45, 7) is 7.99. The molecule has 3 aromatic rings. The summed E-state index contributed by atoms with van der Waals surface area (Å²) in [5.41, 5.74) is 7.53. The maximum atomic E-state index is 12.6. The first-order chi connectivity index (χ1) is 12.9. The van der Waals surface area contributed by atoms with Gasteiger partial charge < -0.3 is 10.6 Å². The number of hydrogen-bond acceptors (Lipinski definition) is 2. The van der Waals surface area contributed by atoms with Crippen LogP contribution in [0.2, 0.25) is 0 Å². The summed E-state index contributed by atoms with van der Waals surface area (Å²) in [7, 11) is 0. The molecule has 27 heavy (non-hydrogen) atoms. The van der Waals surface area contributed by atoms with Crippen molar-refractivity contribution in [3.63, 3.8) is 0 Å². The number of anilines is 2. The Labute approximate surface area is 161 Å². The molecule has 0 spiro atoms. The Morgan fingerprint density at radius 1 is 0.815 bits per heavy atom.